The summed E-state index contributed by atoms with van der Waals surface area (Å²) in [4.78, 5) is 0. The van der Waals surface area contributed by atoms with Crippen molar-refractivity contribution in [1.29, 1.82) is 0 Å². The van der Waals surface area contributed by atoms with Crippen LogP contribution in [0, 0.1) is 5.82 Å². The lowest BCUT2D eigenvalue weighted by Crippen LogP contribution is -2.42. The van der Waals surface area contributed by atoms with Gasteiger partial charge in [0.2, 0.25) is 10.0 Å². The lowest BCUT2D eigenvalue weighted by atomic mass is 9.92. The van der Waals surface area contributed by atoms with Crippen molar-refractivity contribution in [3.8, 4) is 0 Å². The zero-order chi connectivity index (χ0) is 14.8. The van der Waals surface area contributed by atoms with Gasteiger partial charge in [-0.1, -0.05) is 24.1 Å². The molecule has 3 N–H and O–H groups in total. The Kier molecular flexibility index (Phi) is 6.87. The molecule has 1 aliphatic rings. The molecule has 1 aromatic carbocycles. The zero-order valence-electron chi connectivity index (χ0n) is 11.4. The fourth-order valence-electron chi connectivity index (χ4n) is 2.48. The van der Waals surface area contributed by atoms with E-state index < -0.39 is 15.8 Å². The van der Waals surface area contributed by atoms with Crippen molar-refractivity contribution < 1.29 is 12.8 Å². The van der Waals surface area contributed by atoms with Crippen LogP contribution in [0.2, 0.25) is 5.02 Å². The van der Waals surface area contributed by atoms with E-state index in [2.05, 4.69) is 4.72 Å². The van der Waals surface area contributed by atoms with Crippen LogP contribution in [-0.4, -0.2) is 20.5 Å². The molecular formula is C13H19Cl2FN2O2S. The second-order valence-electron chi connectivity index (χ2n) is 5.25. The molecule has 0 radical (unpaired) electrons. The monoisotopic (exact) mass is 356 g/mol. The Balaban J connectivity index is 0.00000220. The molecule has 0 aliphatic heterocycles. The number of sulfonamides is 1. The highest BCUT2D eigenvalue weighted by Crippen LogP contribution is 2.20. The fraction of sp³-hybridized carbons (Fsp3) is 0.538. The van der Waals surface area contributed by atoms with Gasteiger partial charge in [-0.15, -0.1) is 12.4 Å². The van der Waals surface area contributed by atoms with Crippen LogP contribution in [0.3, 0.4) is 0 Å². The van der Waals surface area contributed by atoms with Gasteiger partial charge in [0.15, 0.2) is 0 Å². The van der Waals surface area contributed by atoms with E-state index in [1.807, 2.05) is 0 Å². The molecule has 21 heavy (non-hydrogen) atoms. The first-order valence-electron chi connectivity index (χ1n) is 6.55. The van der Waals surface area contributed by atoms with Gasteiger partial charge < -0.3 is 5.73 Å². The van der Waals surface area contributed by atoms with Gasteiger partial charge in [-0.3, -0.25) is 0 Å². The molecule has 0 heterocycles. The predicted molar refractivity (Wildman–Crippen MR) is 84.6 cm³/mol. The van der Waals surface area contributed by atoms with Gasteiger partial charge in [0.1, 0.15) is 5.82 Å². The first-order valence-corrected chi connectivity index (χ1v) is 8.58. The number of hydrogen-bond donors (Lipinski definition) is 2. The smallest absolute Gasteiger partial charge is 0.216 e. The average molecular weight is 357 g/mol. The van der Waals surface area contributed by atoms with Crippen LogP contribution in [0.25, 0.3) is 0 Å². The van der Waals surface area contributed by atoms with E-state index in [1.54, 1.807) is 0 Å². The van der Waals surface area contributed by atoms with E-state index in [0.29, 0.717) is 12.0 Å². The Hall–Kier alpha value is -0.400. The van der Waals surface area contributed by atoms with Gasteiger partial charge in [-0.2, -0.15) is 0 Å². The molecule has 0 bridgehead atoms. The summed E-state index contributed by atoms with van der Waals surface area (Å²) in [6.07, 6.45) is 3.32. The lowest BCUT2D eigenvalue weighted by Gasteiger charge is -2.27. The van der Waals surface area contributed by atoms with Crippen LogP contribution in [0.1, 0.15) is 31.2 Å². The van der Waals surface area contributed by atoms with Crippen LogP contribution in [-0.2, 0) is 15.8 Å². The maximum absolute atomic E-state index is 13.0. The van der Waals surface area contributed by atoms with Crippen molar-refractivity contribution in [1.82, 2.24) is 4.72 Å². The molecule has 2 atom stereocenters. The molecule has 0 saturated heterocycles. The number of rotatable bonds is 4. The summed E-state index contributed by atoms with van der Waals surface area (Å²) in [7, 11) is -3.47. The van der Waals surface area contributed by atoms with E-state index in [9.17, 15) is 12.8 Å². The van der Waals surface area contributed by atoms with Crippen LogP contribution in [0.4, 0.5) is 4.39 Å². The first-order chi connectivity index (χ1) is 9.35. The van der Waals surface area contributed by atoms with Crippen molar-refractivity contribution in [2.45, 2.75) is 43.5 Å². The standard InChI is InChI=1S/C13H18ClFN2O2S.ClH/c14-12-6-9(4-5-13(12)15)8-20(18,19)17-11-3-1-2-10(16)7-11;/h4-6,10-11,17H,1-3,7-8,16H2;1H. The van der Waals surface area contributed by atoms with Gasteiger partial charge in [-0.25, -0.2) is 17.5 Å². The third kappa shape index (κ3) is 5.71. The van der Waals surface area contributed by atoms with Crippen LogP contribution in [0.5, 0.6) is 0 Å². The summed E-state index contributed by atoms with van der Waals surface area (Å²) >= 11 is 5.65. The SMILES string of the molecule is Cl.NC1CCCC(NS(=O)(=O)Cc2ccc(F)c(Cl)c2)C1. The highest BCUT2D eigenvalue weighted by atomic mass is 35.5. The molecule has 120 valence electrons. The van der Waals surface area contributed by atoms with E-state index in [-0.39, 0.29) is 35.3 Å². The van der Waals surface area contributed by atoms with E-state index in [4.69, 9.17) is 17.3 Å². The van der Waals surface area contributed by atoms with Crippen LogP contribution >= 0.6 is 24.0 Å². The van der Waals surface area contributed by atoms with Crippen molar-refractivity contribution in [3.63, 3.8) is 0 Å². The van der Waals surface area contributed by atoms with Gasteiger partial charge in [-0.05, 0) is 37.0 Å². The predicted octanol–water partition coefficient (Wildman–Crippen LogP) is 2.59. The Labute approximate surface area is 135 Å². The number of benzene rings is 1. The van der Waals surface area contributed by atoms with Crippen LogP contribution < -0.4 is 10.5 Å². The van der Waals surface area contributed by atoms with Crippen molar-refractivity contribution in [2.24, 2.45) is 5.73 Å². The number of nitrogens with two attached hydrogens (primary N) is 1. The van der Waals surface area contributed by atoms with Gasteiger partial charge in [0, 0.05) is 12.1 Å². The first kappa shape index (κ1) is 18.6. The molecule has 8 heteroatoms. The average Bonchev–Trinajstić information content (AvgIpc) is 2.33. The molecule has 0 amide bonds. The Bertz CT molecular complexity index is 584. The minimum Gasteiger partial charge on any atom is -0.328 e. The Morgan fingerprint density at radius 2 is 2.10 bits per heavy atom. The van der Waals surface area contributed by atoms with Crippen molar-refractivity contribution >= 4 is 34.0 Å². The molecule has 1 aromatic rings. The molecule has 0 aromatic heterocycles. The molecule has 2 unspecified atom stereocenters. The normalized spacial score (nSPS) is 22.6. The number of halogens is 3. The zero-order valence-corrected chi connectivity index (χ0v) is 13.8. The highest BCUT2D eigenvalue weighted by Gasteiger charge is 2.24. The quantitative estimate of drug-likeness (QED) is 0.870. The Morgan fingerprint density at radius 1 is 1.38 bits per heavy atom. The van der Waals surface area contributed by atoms with Crippen molar-refractivity contribution in [2.75, 3.05) is 0 Å². The minimum atomic E-state index is -3.47. The van der Waals surface area contributed by atoms with Crippen LogP contribution in [0.15, 0.2) is 18.2 Å². The minimum absolute atomic E-state index is 0. The molecule has 2 rings (SSSR count). The maximum Gasteiger partial charge on any atom is 0.216 e. The van der Waals surface area contributed by atoms with Gasteiger partial charge >= 0.3 is 0 Å². The molecule has 4 nitrogen and oxygen atoms in total. The van der Waals surface area contributed by atoms with E-state index in [1.165, 1.54) is 18.2 Å². The van der Waals surface area contributed by atoms with E-state index >= 15 is 0 Å². The molecule has 0 spiro atoms. The summed E-state index contributed by atoms with van der Waals surface area (Å²) in [6.45, 7) is 0. The Morgan fingerprint density at radius 3 is 2.71 bits per heavy atom. The summed E-state index contributed by atoms with van der Waals surface area (Å²) in [5.74, 6) is -0.766. The third-order valence-corrected chi connectivity index (χ3v) is 5.10. The second kappa shape index (κ2) is 7.74. The summed E-state index contributed by atoms with van der Waals surface area (Å²) < 4.78 is 39.9. The topological polar surface area (TPSA) is 72.2 Å². The van der Waals surface area contributed by atoms with E-state index in [0.717, 1.165) is 19.3 Å². The lowest BCUT2D eigenvalue weighted by molar-refractivity contribution is 0.371. The molecular weight excluding hydrogens is 338 g/mol. The third-order valence-electron chi connectivity index (χ3n) is 3.40. The number of hydrogen-bond acceptors (Lipinski definition) is 3. The molecule has 1 saturated carbocycles. The van der Waals surface area contributed by atoms with Gasteiger partial charge in [0.05, 0.1) is 10.8 Å². The number of nitrogens with one attached hydrogen (secondary N) is 1. The molecule has 1 aliphatic carbocycles. The largest absolute Gasteiger partial charge is 0.328 e. The summed E-state index contributed by atoms with van der Waals surface area (Å²) in [5, 5.41) is -0.0719. The van der Waals surface area contributed by atoms with Crippen molar-refractivity contribution in [3.05, 3.63) is 34.6 Å². The fourth-order valence-corrected chi connectivity index (χ4v) is 4.11. The second-order valence-corrected chi connectivity index (χ2v) is 7.41. The maximum atomic E-state index is 13.0. The highest BCUT2D eigenvalue weighted by molar-refractivity contribution is 7.88. The summed E-state index contributed by atoms with van der Waals surface area (Å²) in [5.41, 5.74) is 6.30. The van der Waals surface area contributed by atoms with Gasteiger partial charge in [0.25, 0.3) is 0 Å². The molecule has 1 fully saturated rings. The summed E-state index contributed by atoms with van der Waals surface area (Å²) in [6, 6.07) is 3.87.